The zero-order valence-electron chi connectivity index (χ0n) is 11.9. The number of carbonyl (C=O) groups is 2. The molecule has 2 aromatic carbocycles. The summed E-state index contributed by atoms with van der Waals surface area (Å²) in [5.41, 5.74) is 8.98. The molecule has 21 heavy (non-hydrogen) atoms. The molecule has 0 atom stereocenters. The van der Waals surface area contributed by atoms with Crippen LogP contribution in [0.25, 0.3) is 0 Å². The van der Waals surface area contributed by atoms with Gasteiger partial charge in [-0.05, 0) is 43.3 Å². The van der Waals surface area contributed by atoms with Gasteiger partial charge in [0.15, 0.2) is 0 Å². The van der Waals surface area contributed by atoms with Crippen molar-refractivity contribution in [3.63, 3.8) is 0 Å². The van der Waals surface area contributed by atoms with E-state index in [0.717, 1.165) is 5.56 Å². The Labute approximate surface area is 123 Å². The molecule has 0 aliphatic rings. The Bertz CT molecular complexity index is 678. The standard InChI is InChI=1S/C16H17N3O2/c1-10-3-8-15(17)14(9-10)16(21)19-13-6-4-12(5-7-13)18-11(2)20/h3-9H,17H2,1-2H3,(H,18,20)(H,19,21). The van der Waals surface area contributed by atoms with Crippen LogP contribution in [0, 0.1) is 6.92 Å². The Morgan fingerprint density at radius 1 is 0.952 bits per heavy atom. The quantitative estimate of drug-likeness (QED) is 0.757. The highest BCUT2D eigenvalue weighted by Gasteiger charge is 2.10. The number of hydrogen-bond donors (Lipinski definition) is 3. The van der Waals surface area contributed by atoms with E-state index in [1.807, 2.05) is 13.0 Å². The number of hydrogen-bond acceptors (Lipinski definition) is 3. The highest BCUT2D eigenvalue weighted by Crippen LogP contribution is 2.18. The largest absolute Gasteiger partial charge is 0.398 e. The van der Waals surface area contributed by atoms with Crippen molar-refractivity contribution in [2.45, 2.75) is 13.8 Å². The van der Waals surface area contributed by atoms with Crippen molar-refractivity contribution in [3.8, 4) is 0 Å². The maximum Gasteiger partial charge on any atom is 0.257 e. The van der Waals surface area contributed by atoms with Crippen LogP contribution in [0.1, 0.15) is 22.8 Å². The van der Waals surface area contributed by atoms with E-state index in [-0.39, 0.29) is 11.8 Å². The molecular formula is C16H17N3O2. The van der Waals surface area contributed by atoms with Crippen LogP contribution in [-0.2, 0) is 4.79 Å². The van der Waals surface area contributed by atoms with Crippen molar-refractivity contribution in [1.82, 2.24) is 0 Å². The van der Waals surface area contributed by atoms with Gasteiger partial charge >= 0.3 is 0 Å². The molecule has 0 spiro atoms. The van der Waals surface area contributed by atoms with Gasteiger partial charge in [0.25, 0.3) is 5.91 Å². The molecule has 0 heterocycles. The Balaban J connectivity index is 2.12. The topological polar surface area (TPSA) is 84.2 Å². The summed E-state index contributed by atoms with van der Waals surface area (Å²) in [7, 11) is 0. The number of anilines is 3. The molecular weight excluding hydrogens is 266 g/mol. The number of rotatable bonds is 3. The van der Waals surface area contributed by atoms with Gasteiger partial charge in [-0.3, -0.25) is 9.59 Å². The molecule has 0 aliphatic carbocycles. The molecule has 2 aromatic rings. The van der Waals surface area contributed by atoms with E-state index in [1.54, 1.807) is 36.4 Å². The van der Waals surface area contributed by atoms with Gasteiger partial charge in [0.05, 0.1) is 5.56 Å². The van der Waals surface area contributed by atoms with Gasteiger partial charge in [0.1, 0.15) is 0 Å². The number of nitrogen functional groups attached to an aromatic ring is 1. The first-order chi connectivity index (χ1) is 9.95. The van der Waals surface area contributed by atoms with E-state index >= 15 is 0 Å². The van der Waals surface area contributed by atoms with Crippen LogP contribution in [0.4, 0.5) is 17.1 Å². The van der Waals surface area contributed by atoms with Crippen LogP contribution in [-0.4, -0.2) is 11.8 Å². The minimum Gasteiger partial charge on any atom is -0.398 e. The first-order valence-electron chi connectivity index (χ1n) is 6.51. The normalized spacial score (nSPS) is 10.0. The average Bonchev–Trinajstić information content (AvgIpc) is 2.43. The van der Waals surface area contributed by atoms with Gasteiger partial charge in [0, 0.05) is 24.0 Å². The zero-order valence-corrected chi connectivity index (χ0v) is 11.9. The van der Waals surface area contributed by atoms with E-state index in [4.69, 9.17) is 5.73 Å². The van der Waals surface area contributed by atoms with Gasteiger partial charge in [-0.2, -0.15) is 0 Å². The van der Waals surface area contributed by atoms with Gasteiger partial charge in [-0.1, -0.05) is 11.6 Å². The predicted molar refractivity (Wildman–Crippen MR) is 84.3 cm³/mol. The Morgan fingerprint density at radius 2 is 1.52 bits per heavy atom. The fourth-order valence-corrected chi connectivity index (χ4v) is 1.91. The van der Waals surface area contributed by atoms with Crippen LogP contribution in [0.3, 0.4) is 0 Å². The minimum absolute atomic E-state index is 0.140. The lowest BCUT2D eigenvalue weighted by Gasteiger charge is -2.09. The van der Waals surface area contributed by atoms with Crippen molar-refractivity contribution in [1.29, 1.82) is 0 Å². The summed E-state index contributed by atoms with van der Waals surface area (Å²) in [5.74, 6) is -0.400. The van der Waals surface area contributed by atoms with Gasteiger partial charge < -0.3 is 16.4 Å². The SMILES string of the molecule is CC(=O)Nc1ccc(NC(=O)c2cc(C)ccc2N)cc1. The highest BCUT2D eigenvalue weighted by atomic mass is 16.2. The lowest BCUT2D eigenvalue weighted by molar-refractivity contribution is -0.114. The van der Waals surface area contributed by atoms with Gasteiger partial charge in [-0.15, -0.1) is 0 Å². The molecule has 0 radical (unpaired) electrons. The summed E-state index contributed by atoms with van der Waals surface area (Å²) < 4.78 is 0. The molecule has 0 bridgehead atoms. The number of nitrogens with one attached hydrogen (secondary N) is 2. The molecule has 5 nitrogen and oxygen atoms in total. The second-order valence-corrected chi connectivity index (χ2v) is 4.80. The van der Waals surface area contributed by atoms with Crippen LogP contribution in [0.15, 0.2) is 42.5 Å². The van der Waals surface area contributed by atoms with E-state index in [1.165, 1.54) is 6.92 Å². The predicted octanol–water partition coefficient (Wildman–Crippen LogP) is 2.79. The lowest BCUT2D eigenvalue weighted by atomic mass is 10.1. The zero-order chi connectivity index (χ0) is 15.4. The molecule has 2 rings (SSSR count). The first kappa shape index (κ1) is 14.6. The third-order valence-electron chi connectivity index (χ3n) is 2.92. The van der Waals surface area contributed by atoms with Gasteiger partial charge in [-0.25, -0.2) is 0 Å². The monoisotopic (exact) mass is 283 g/mol. The smallest absolute Gasteiger partial charge is 0.257 e. The summed E-state index contributed by atoms with van der Waals surface area (Å²) in [6, 6.07) is 12.2. The molecule has 0 aliphatic heterocycles. The summed E-state index contributed by atoms with van der Waals surface area (Å²) in [6.45, 7) is 3.34. The number of amides is 2. The number of benzene rings is 2. The molecule has 108 valence electrons. The van der Waals surface area contributed by atoms with Crippen molar-refractivity contribution < 1.29 is 9.59 Å². The van der Waals surface area contributed by atoms with Crippen LogP contribution < -0.4 is 16.4 Å². The molecule has 5 heteroatoms. The second kappa shape index (κ2) is 6.09. The van der Waals surface area contributed by atoms with E-state index in [0.29, 0.717) is 22.6 Å². The molecule has 2 amide bonds. The van der Waals surface area contributed by atoms with Crippen molar-refractivity contribution in [3.05, 3.63) is 53.6 Å². The summed E-state index contributed by atoms with van der Waals surface area (Å²) >= 11 is 0. The van der Waals surface area contributed by atoms with Gasteiger partial charge in [0.2, 0.25) is 5.91 Å². The number of nitrogens with two attached hydrogens (primary N) is 1. The lowest BCUT2D eigenvalue weighted by Crippen LogP contribution is -2.14. The van der Waals surface area contributed by atoms with Crippen LogP contribution >= 0.6 is 0 Å². The van der Waals surface area contributed by atoms with E-state index in [2.05, 4.69) is 10.6 Å². The molecule has 0 unspecified atom stereocenters. The summed E-state index contributed by atoms with van der Waals surface area (Å²) in [5, 5.41) is 5.44. The van der Waals surface area contributed by atoms with Crippen LogP contribution in [0.2, 0.25) is 0 Å². The average molecular weight is 283 g/mol. The molecule has 0 fully saturated rings. The fraction of sp³-hybridized carbons (Fsp3) is 0.125. The van der Waals surface area contributed by atoms with Crippen molar-refractivity contribution in [2.24, 2.45) is 0 Å². The van der Waals surface area contributed by atoms with Crippen molar-refractivity contribution in [2.75, 3.05) is 16.4 Å². The van der Waals surface area contributed by atoms with Crippen LogP contribution in [0.5, 0.6) is 0 Å². The molecule has 0 saturated heterocycles. The molecule has 0 aromatic heterocycles. The summed E-state index contributed by atoms with van der Waals surface area (Å²) in [4.78, 5) is 23.1. The Morgan fingerprint density at radius 3 is 2.10 bits per heavy atom. The third kappa shape index (κ3) is 3.82. The third-order valence-corrected chi connectivity index (χ3v) is 2.92. The molecule has 4 N–H and O–H groups in total. The maximum absolute atomic E-state index is 12.2. The number of carbonyl (C=O) groups excluding carboxylic acids is 2. The Hall–Kier alpha value is -2.82. The highest BCUT2D eigenvalue weighted by molar-refractivity contribution is 6.07. The Kier molecular flexibility index (Phi) is 4.23. The summed E-state index contributed by atoms with van der Waals surface area (Å²) in [6.07, 6.45) is 0. The van der Waals surface area contributed by atoms with E-state index < -0.39 is 0 Å². The second-order valence-electron chi connectivity index (χ2n) is 4.80. The molecule has 0 saturated carbocycles. The van der Waals surface area contributed by atoms with E-state index in [9.17, 15) is 9.59 Å². The maximum atomic E-state index is 12.2. The number of aryl methyl sites for hydroxylation is 1. The fourth-order valence-electron chi connectivity index (χ4n) is 1.91. The first-order valence-corrected chi connectivity index (χ1v) is 6.51. The minimum atomic E-state index is -0.261. The van der Waals surface area contributed by atoms with Crippen molar-refractivity contribution >= 4 is 28.9 Å².